The summed E-state index contributed by atoms with van der Waals surface area (Å²) in [5.74, 6) is -0.972. The number of carbonyl (C=O) groups is 3. The molecule has 4 rings (SSSR count). The maximum atomic E-state index is 12.7. The number of nitrogens with one attached hydrogen (secondary N) is 1. The van der Waals surface area contributed by atoms with Gasteiger partial charge in [0.1, 0.15) is 6.61 Å². The third kappa shape index (κ3) is 2.73. The SMILES string of the molecule is CC1COC(=O)N1C1CCN(C(=O)C(=O)c2c[nH]c3ccccc23)CC1. The van der Waals surface area contributed by atoms with Gasteiger partial charge in [-0.25, -0.2) is 4.79 Å². The highest BCUT2D eigenvalue weighted by molar-refractivity contribution is 6.44. The number of benzene rings is 1. The molecular weight excluding hydrogens is 334 g/mol. The molecule has 2 amide bonds. The van der Waals surface area contributed by atoms with Gasteiger partial charge in [0.05, 0.1) is 11.6 Å². The van der Waals surface area contributed by atoms with Gasteiger partial charge in [-0.05, 0) is 25.8 Å². The van der Waals surface area contributed by atoms with Crippen LogP contribution in [0, 0.1) is 0 Å². The number of nitrogens with zero attached hydrogens (tertiary/aromatic N) is 2. The zero-order chi connectivity index (χ0) is 18.3. The molecule has 0 radical (unpaired) electrons. The summed E-state index contributed by atoms with van der Waals surface area (Å²) >= 11 is 0. The van der Waals surface area contributed by atoms with Gasteiger partial charge in [0.25, 0.3) is 11.7 Å². The van der Waals surface area contributed by atoms with Gasteiger partial charge in [0, 0.05) is 36.2 Å². The largest absolute Gasteiger partial charge is 0.447 e. The number of ether oxygens (including phenoxy) is 1. The lowest BCUT2D eigenvalue weighted by atomic mass is 10.0. The molecule has 0 aliphatic carbocycles. The molecule has 0 saturated carbocycles. The Labute approximate surface area is 150 Å². The van der Waals surface area contributed by atoms with Crippen molar-refractivity contribution in [1.82, 2.24) is 14.8 Å². The number of carbonyl (C=O) groups excluding carboxylic acids is 3. The highest BCUT2D eigenvalue weighted by Crippen LogP contribution is 2.25. The molecule has 3 heterocycles. The third-order valence-electron chi connectivity index (χ3n) is 5.31. The summed E-state index contributed by atoms with van der Waals surface area (Å²) in [6, 6.07) is 7.55. The minimum Gasteiger partial charge on any atom is -0.447 e. The fourth-order valence-corrected chi connectivity index (χ4v) is 3.90. The van der Waals surface area contributed by atoms with Crippen LogP contribution in [0.15, 0.2) is 30.5 Å². The van der Waals surface area contributed by atoms with E-state index in [-0.39, 0.29) is 18.2 Å². The van der Waals surface area contributed by atoms with Crippen molar-refractivity contribution in [2.75, 3.05) is 19.7 Å². The van der Waals surface area contributed by atoms with Crippen molar-refractivity contribution < 1.29 is 19.1 Å². The second-order valence-electron chi connectivity index (χ2n) is 6.93. The van der Waals surface area contributed by atoms with Crippen molar-refractivity contribution in [2.45, 2.75) is 31.8 Å². The molecule has 7 heteroatoms. The number of ketones is 1. The van der Waals surface area contributed by atoms with Gasteiger partial charge in [0.15, 0.2) is 0 Å². The smallest absolute Gasteiger partial charge is 0.410 e. The molecule has 1 unspecified atom stereocenters. The lowest BCUT2D eigenvalue weighted by Crippen LogP contribution is -2.50. The van der Waals surface area contributed by atoms with Crippen molar-refractivity contribution in [3.63, 3.8) is 0 Å². The second-order valence-corrected chi connectivity index (χ2v) is 6.93. The van der Waals surface area contributed by atoms with Crippen molar-refractivity contribution in [3.8, 4) is 0 Å². The second kappa shape index (κ2) is 6.48. The van der Waals surface area contributed by atoms with E-state index in [0.717, 1.165) is 10.9 Å². The van der Waals surface area contributed by atoms with E-state index in [9.17, 15) is 14.4 Å². The lowest BCUT2D eigenvalue weighted by molar-refractivity contribution is -0.127. The number of rotatable bonds is 3. The summed E-state index contributed by atoms with van der Waals surface area (Å²) in [6.45, 7) is 3.31. The van der Waals surface area contributed by atoms with E-state index in [1.54, 1.807) is 16.0 Å². The van der Waals surface area contributed by atoms with E-state index >= 15 is 0 Å². The Hall–Kier alpha value is -2.83. The number of cyclic esters (lactones) is 1. The maximum absolute atomic E-state index is 12.7. The van der Waals surface area contributed by atoms with Crippen LogP contribution < -0.4 is 0 Å². The number of aromatic amines is 1. The molecule has 2 aromatic rings. The Morgan fingerprint density at radius 2 is 1.92 bits per heavy atom. The summed E-state index contributed by atoms with van der Waals surface area (Å²) in [5, 5.41) is 0.759. The molecule has 2 aliphatic heterocycles. The normalized spacial score (nSPS) is 21.3. The quantitative estimate of drug-likeness (QED) is 0.676. The maximum Gasteiger partial charge on any atom is 0.410 e. The van der Waals surface area contributed by atoms with E-state index in [4.69, 9.17) is 4.74 Å². The zero-order valence-corrected chi connectivity index (χ0v) is 14.6. The molecule has 7 nitrogen and oxygen atoms in total. The van der Waals surface area contributed by atoms with Gasteiger partial charge in [-0.15, -0.1) is 0 Å². The Bertz CT molecular complexity index is 867. The number of para-hydroxylation sites is 1. The number of piperidine rings is 1. The Balaban J connectivity index is 1.43. The summed E-state index contributed by atoms with van der Waals surface area (Å²) in [7, 11) is 0. The van der Waals surface area contributed by atoms with E-state index < -0.39 is 11.7 Å². The minimum atomic E-state index is -0.491. The average Bonchev–Trinajstić information content (AvgIpc) is 3.24. The Morgan fingerprint density at radius 1 is 1.19 bits per heavy atom. The first-order chi connectivity index (χ1) is 12.6. The standard InChI is InChI=1S/C19H21N3O4/c1-12-11-26-19(25)22(12)13-6-8-21(9-7-13)18(24)17(23)15-10-20-16-5-3-2-4-14(15)16/h2-5,10,12-13,20H,6-9,11H2,1H3. The Morgan fingerprint density at radius 3 is 2.62 bits per heavy atom. The highest BCUT2D eigenvalue weighted by Gasteiger charge is 2.38. The number of hydrogen-bond acceptors (Lipinski definition) is 4. The monoisotopic (exact) mass is 355 g/mol. The van der Waals surface area contributed by atoms with Crippen LogP contribution in [-0.4, -0.2) is 64.3 Å². The molecule has 2 saturated heterocycles. The van der Waals surface area contributed by atoms with Crippen LogP contribution in [0.25, 0.3) is 10.9 Å². The van der Waals surface area contributed by atoms with Crippen molar-refractivity contribution in [2.24, 2.45) is 0 Å². The van der Waals surface area contributed by atoms with Crippen LogP contribution in [0.4, 0.5) is 4.79 Å². The summed E-state index contributed by atoms with van der Waals surface area (Å²) in [5.41, 5.74) is 1.24. The molecule has 0 spiro atoms. The summed E-state index contributed by atoms with van der Waals surface area (Å²) in [4.78, 5) is 43.6. The fraction of sp³-hybridized carbons (Fsp3) is 0.421. The molecule has 26 heavy (non-hydrogen) atoms. The first-order valence-corrected chi connectivity index (χ1v) is 8.91. The number of Topliss-reactive ketones (excluding diaryl/α,β-unsaturated/α-hetero) is 1. The van der Waals surface area contributed by atoms with Gasteiger partial charge in [0.2, 0.25) is 0 Å². The first kappa shape index (κ1) is 16.6. The molecule has 0 bridgehead atoms. The van der Waals surface area contributed by atoms with Crippen LogP contribution in [0.5, 0.6) is 0 Å². The van der Waals surface area contributed by atoms with E-state index in [1.807, 2.05) is 31.2 Å². The fourth-order valence-electron chi connectivity index (χ4n) is 3.90. The number of aromatic nitrogens is 1. The average molecular weight is 355 g/mol. The minimum absolute atomic E-state index is 0.0580. The molecule has 1 aromatic carbocycles. The van der Waals surface area contributed by atoms with E-state index in [1.165, 1.54) is 0 Å². The molecular formula is C19H21N3O4. The van der Waals surface area contributed by atoms with Crippen molar-refractivity contribution in [1.29, 1.82) is 0 Å². The summed E-state index contributed by atoms with van der Waals surface area (Å²) in [6.07, 6.45) is 2.63. The highest BCUT2D eigenvalue weighted by atomic mass is 16.6. The van der Waals surface area contributed by atoms with Gasteiger partial charge in [-0.3, -0.25) is 14.5 Å². The predicted octanol–water partition coefficient (Wildman–Crippen LogP) is 2.18. The molecule has 2 aliphatic rings. The predicted molar refractivity (Wildman–Crippen MR) is 94.9 cm³/mol. The van der Waals surface area contributed by atoms with Crippen molar-refractivity contribution >= 4 is 28.7 Å². The number of H-pyrrole nitrogens is 1. The van der Waals surface area contributed by atoms with Crippen LogP contribution in [0.3, 0.4) is 0 Å². The Kier molecular flexibility index (Phi) is 4.14. The molecule has 136 valence electrons. The molecule has 1 atom stereocenters. The molecule has 1 aromatic heterocycles. The summed E-state index contributed by atoms with van der Waals surface area (Å²) < 4.78 is 5.08. The van der Waals surface area contributed by atoms with Gasteiger partial charge >= 0.3 is 6.09 Å². The van der Waals surface area contributed by atoms with Crippen LogP contribution in [-0.2, 0) is 9.53 Å². The number of hydrogen-bond donors (Lipinski definition) is 1. The van der Waals surface area contributed by atoms with E-state index in [0.29, 0.717) is 38.1 Å². The van der Waals surface area contributed by atoms with Gasteiger partial charge in [-0.2, -0.15) is 0 Å². The molecule has 2 fully saturated rings. The number of fused-ring (bicyclic) bond motifs is 1. The van der Waals surface area contributed by atoms with Crippen LogP contribution in [0.2, 0.25) is 0 Å². The number of likely N-dealkylation sites (tertiary alicyclic amines) is 1. The third-order valence-corrected chi connectivity index (χ3v) is 5.31. The van der Waals surface area contributed by atoms with Crippen LogP contribution in [0.1, 0.15) is 30.1 Å². The number of amides is 2. The molecule has 1 N–H and O–H groups in total. The zero-order valence-electron chi connectivity index (χ0n) is 14.6. The van der Waals surface area contributed by atoms with Crippen LogP contribution >= 0.6 is 0 Å². The topological polar surface area (TPSA) is 82.7 Å². The van der Waals surface area contributed by atoms with Crippen molar-refractivity contribution in [3.05, 3.63) is 36.0 Å². The van der Waals surface area contributed by atoms with Gasteiger partial charge in [-0.1, -0.05) is 18.2 Å². The van der Waals surface area contributed by atoms with E-state index in [2.05, 4.69) is 4.98 Å². The lowest BCUT2D eigenvalue weighted by Gasteiger charge is -2.36. The first-order valence-electron chi connectivity index (χ1n) is 8.91. The van der Waals surface area contributed by atoms with Gasteiger partial charge < -0.3 is 14.6 Å².